The van der Waals surface area contributed by atoms with Gasteiger partial charge in [0.05, 0.1) is 7.11 Å². The highest BCUT2D eigenvalue weighted by molar-refractivity contribution is 6.30. The average molecular weight is 450 g/mol. The van der Waals surface area contributed by atoms with Gasteiger partial charge in [0, 0.05) is 47.5 Å². The van der Waals surface area contributed by atoms with Crippen LogP contribution in [0.15, 0.2) is 65.5 Å². The Morgan fingerprint density at radius 2 is 1.75 bits per heavy atom. The number of carbonyl (C=O) groups excluding carboxylic acids is 1. The number of amides is 2. The van der Waals surface area contributed by atoms with Gasteiger partial charge in [0.15, 0.2) is 0 Å². The van der Waals surface area contributed by atoms with Gasteiger partial charge in [-0.3, -0.25) is 4.79 Å². The van der Waals surface area contributed by atoms with Crippen LogP contribution in [0.25, 0.3) is 11.1 Å². The molecule has 5 rings (SSSR count). The maximum absolute atomic E-state index is 13.3. The molecule has 2 bridgehead atoms. The van der Waals surface area contributed by atoms with Crippen molar-refractivity contribution in [1.29, 1.82) is 0 Å². The third kappa shape index (κ3) is 3.86. The number of benzene rings is 2. The minimum absolute atomic E-state index is 0.0291. The number of pyridine rings is 1. The zero-order valence-corrected chi connectivity index (χ0v) is 18.5. The molecule has 0 unspecified atom stereocenters. The molecule has 2 aliphatic rings. The zero-order chi connectivity index (χ0) is 22.2. The molecule has 32 heavy (non-hydrogen) atoms. The van der Waals surface area contributed by atoms with Gasteiger partial charge in [0.25, 0.3) is 5.56 Å². The van der Waals surface area contributed by atoms with Gasteiger partial charge < -0.3 is 19.5 Å². The predicted molar refractivity (Wildman–Crippen MR) is 126 cm³/mol. The molecule has 0 saturated carbocycles. The van der Waals surface area contributed by atoms with E-state index in [9.17, 15) is 9.59 Å². The molecular formula is C25H24ClN3O3. The lowest BCUT2D eigenvalue weighted by Gasteiger charge is -2.42. The molecule has 2 aromatic carbocycles. The first-order chi connectivity index (χ1) is 15.5. The largest absolute Gasteiger partial charge is 0.497 e. The fourth-order valence-electron chi connectivity index (χ4n) is 4.84. The van der Waals surface area contributed by atoms with E-state index in [1.807, 2.05) is 45.9 Å². The van der Waals surface area contributed by atoms with Crippen molar-refractivity contribution in [3.63, 3.8) is 0 Å². The van der Waals surface area contributed by atoms with Crippen molar-refractivity contribution in [2.75, 3.05) is 25.5 Å². The van der Waals surface area contributed by atoms with Crippen molar-refractivity contribution in [3.05, 3.63) is 81.7 Å². The van der Waals surface area contributed by atoms with E-state index in [1.54, 1.807) is 31.4 Å². The van der Waals surface area contributed by atoms with Crippen molar-refractivity contribution in [2.24, 2.45) is 5.92 Å². The van der Waals surface area contributed by atoms with E-state index >= 15 is 0 Å². The summed E-state index contributed by atoms with van der Waals surface area (Å²) in [6.45, 7) is 1.85. The van der Waals surface area contributed by atoms with Crippen molar-refractivity contribution in [3.8, 4) is 16.9 Å². The number of urea groups is 1. The summed E-state index contributed by atoms with van der Waals surface area (Å²) in [6, 6.07) is 18.5. The molecule has 1 saturated heterocycles. The standard InChI is InChI=1S/C25H24ClN3O3/c1-32-21-8-2-17(3-9-21)22-10-11-23-18-12-16(14-29(23)24(22)30)13-28(15-18)25(31)27-20-6-4-19(26)5-7-20/h2-11,16,18H,12-15H2,1H3,(H,27,31)/t16-,18-/m1/s1. The Kier molecular flexibility index (Phi) is 5.39. The topological polar surface area (TPSA) is 63.6 Å². The lowest BCUT2D eigenvalue weighted by atomic mass is 9.83. The van der Waals surface area contributed by atoms with E-state index < -0.39 is 0 Å². The quantitative estimate of drug-likeness (QED) is 0.623. The number of rotatable bonds is 3. The van der Waals surface area contributed by atoms with Gasteiger partial charge in [0.1, 0.15) is 5.75 Å². The van der Waals surface area contributed by atoms with Crippen molar-refractivity contribution in [2.45, 2.75) is 18.9 Å². The second-order valence-corrected chi connectivity index (χ2v) is 8.89. The summed E-state index contributed by atoms with van der Waals surface area (Å²) in [5, 5.41) is 3.58. The lowest BCUT2D eigenvalue weighted by Crippen LogP contribution is -2.50. The van der Waals surface area contributed by atoms with E-state index in [0.717, 1.165) is 29.1 Å². The number of aromatic nitrogens is 1. The molecule has 0 spiro atoms. The maximum Gasteiger partial charge on any atom is 0.321 e. The van der Waals surface area contributed by atoms with Crippen LogP contribution in [0, 0.1) is 5.92 Å². The molecule has 1 aromatic heterocycles. The van der Waals surface area contributed by atoms with E-state index in [4.69, 9.17) is 16.3 Å². The summed E-state index contributed by atoms with van der Waals surface area (Å²) < 4.78 is 7.13. The van der Waals surface area contributed by atoms with Crippen molar-refractivity contribution >= 4 is 23.3 Å². The smallest absolute Gasteiger partial charge is 0.321 e. The Hall–Kier alpha value is -3.25. The number of hydrogen-bond acceptors (Lipinski definition) is 3. The summed E-state index contributed by atoms with van der Waals surface area (Å²) in [5.74, 6) is 1.16. The number of hydrogen-bond donors (Lipinski definition) is 1. The van der Waals surface area contributed by atoms with Gasteiger partial charge in [-0.25, -0.2) is 4.79 Å². The molecule has 0 radical (unpaired) electrons. The molecule has 0 aliphatic carbocycles. The van der Waals surface area contributed by atoms with Gasteiger partial charge in [-0.05, 0) is 66.4 Å². The fraction of sp³-hybridized carbons (Fsp3) is 0.280. The monoisotopic (exact) mass is 449 g/mol. The number of ether oxygens (including phenoxy) is 1. The first kappa shape index (κ1) is 20.6. The average Bonchev–Trinajstić information content (AvgIpc) is 2.81. The minimum Gasteiger partial charge on any atom is -0.497 e. The van der Waals surface area contributed by atoms with Gasteiger partial charge in [-0.1, -0.05) is 23.7 Å². The molecule has 2 aliphatic heterocycles. The normalized spacial score (nSPS) is 19.2. The number of piperidine rings is 1. The number of likely N-dealkylation sites (tertiary alicyclic amines) is 1. The number of methoxy groups -OCH3 is 1. The van der Waals surface area contributed by atoms with Gasteiger partial charge >= 0.3 is 6.03 Å². The van der Waals surface area contributed by atoms with Crippen molar-refractivity contribution < 1.29 is 9.53 Å². The van der Waals surface area contributed by atoms with E-state index in [0.29, 0.717) is 30.2 Å². The number of nitrogens with zero attached hydrogens (tertiary/aromatic N) is 2. The van der Waals surface area contributed by atoms with Crippen LogP contribution < -0.4 is 15.6 Å². The molecule has 6 nitrogen and oxygen atoms in total. The van der Waals surface area contributed by atoms with Crippen LogP contribution >= 0.6 is 11.6 Å². The van der Waals surface area contributed by atoms with Crippen LogP contribution in [0.4, 0.5) is 10.5 Å². The first-order valence-corrected chi connectivity index (χ1v) is 11.1. The van der Waals surface area contributed by atoms with Crippen LogP contribution in [0.5, 0.6) is 5.75 Å². The molecule has 164 valence electrons. The van der Waals surface area contributed by atoms with Crippen LogP contribution in [0.3, 0.4) is 0 Å². The Labute approximate surface area is 191 Å². The van der Waals surface area contributed by atoms with Crippen LogP contribution in [-0.2, 0) is 6.54 Å². The van der Waals surface area contributed by atoms with Crippen LogP contribution in [0.1, 0.15) is 18.0 Å². The van der Waals surface area contributed by atoms with Crippen LogP contribution in [-0.4, -0.2) is 35.7 Å². The van der Waals surface area contributed by atoms with Gasteiger partial charge in [-0.15, -0.1) is 0 Å². The third-order valence-corrected chi connectivity index (χ3v) is 6.64. The third-order valence-electron chi connectivity index (χ3n) is 6.39. The van der Waals surface area contributed by atoms with Gasteiger partial charge in [0.2, 0.25) is 0 Å². The second kappa shape index (κ2) is 8.36. The molecule has 3 aromatic rings. The molecule has 7 heteroatoms. The number of fused-ring (bicyclic) bond motifs is 4. The Morgan fingerprint density at radius 3 is 2.47 bits per heavy atom. The predicted octanol–water partition coefficient (Wildman–Crippen LogP) is 4.83. The molecule has 2 atom stereocenters. The highest BCUT2D eigenvalue weighted by Crippen LogP contribution is 2.36. The van der Waals surface area contributed by atoms with Gasteiger partial charge in [-0.2, -0.15) is 0 Å². The fourth-order valence-corrected chi connectivity index (χ4v) is 4.96. The molecule has 2 amide bonds. The highest BCUT2D eigenvalue weighted by atomic mass is 35.5. The lowest BCUT2D eigenvalue weighted by molar-refractivity contribution is 0.139. The highest BCUT2D eigenvalue weighted by Gasteiger charge is 2.36. The summed E-state index contributed by atoms with van der Waals surface area (Å²) >= 11 is 5.93. The summed E-state index contributed by atoms with van der Waals surface area (Å²) in [5.41, 5.74) is 3.32. The summed E-state index contributed by atoms with van der Waals surface area (Å²) in [4.78, 5) is 28.0. The van der Waals surface area contributed by atoms with Crippen molar-refractivity contribution in [1.82, 2.24) is 9.47 Å². The molecule has 1 fully saturated rings. The zero-order valence-electron chi connectivity index (χ0n) is 17.8. The summed E-state index contributed by atoms with van der Waals surface area (Å²) in [6.07, 6.45) is 0.992. The second-order valence-electron chi connectivity index (χ2n) is 8.46. The number of anilines is 1. The van der Waals surface area contributed by atoms with E-state index in [-0.39, 0.29) is 23.4 Å². The first-order valence-electron chi connectivity index (χ1n) is 10.7. The number of halogens is 1. The molecule has 3 heterocycles. The Morgan fingerprint density at radius 1 is 1.00 bits per heavy atom. The van der Waals surface area contributed by atoms with E-state index in [1.165, 1.54) is 0 Å². The minimum atomic E-state index is -0.118. The Bertz CT molecular complexity index is 1200. The Balaban J connectivity index is 1.37. The number of nitrogens with one attached hydrogen (secondary N) is 1. The molecular weight excluding hydrogens is 426 g/mol. The number of carbonyl (C=O) groups is 1. The summed E-state index contributed by atoms with van der Waals surface area (Å²) in [7, 11) is 1.63. The maximum atomic E-state index is 13.3. The SMILES string of the molecule is COc1ccc(-c2ccc3n(c2=O)C[C@@H]2C[C@@H]3CN(C(=O)Nc3ccc(Cl)cc3)C2)cc1. The van der Waals surface area contributed by atoms with Crippen LogP contribution in [0.2, 0.25) is 5.02 Å². The van der Waals surface area contributed by atoms with E-state index in [2.05, 4.69) is 5.32 Å². The molecule has 1 N–H and O–H groups in total.